The molecule has 1 amide bonds. The standard InChI is InChI=1S/C16H20F3N3O2/c1-11-9-22(14-13(16(17,18)19)3-2-4-20-14)10-12(11)15(23)21-5-7-24-8-6-21/h2-4,11-12H,5-10H2,1H3/t11-,12-/m1/s1. The van der Waals surface area contributed by atoms with Gasteiger partial charge in [0.15, 0.2) is 0 Å². The molecule has 24 heavy (non-hydrogen) atoms. The molecule has 0 spiro atoms. The van der Waals surface area contributed by atoms with Crippen molar-refractivity contribution >= 4 is 11.7 Å². The van der Waals surface area contributed by atoms with Gasteiger partial charge in [0, 0.05) is 32.4 Å². The van der Waals surface area contributed by atoms with Gasteiger partial charge in [-0.25, -0.2) is 4.98 Å². The smallest absolute Gasteiger partial charge is 0.378 e. The molecule has 5 nitrogen and oxygen atoms in total. The van der Waals surface area contributed by atoms with Gasteiger partial charge >= 0.3 is 6.18 Å². The summed E-state index contributed by atoms with van der Waals surface area (Å²) in [6.07, 6.45) is -3.11. The number of pyridine rings is 1. The van der Waals surface area contributed by atoms with Crippen molar-refractivity contribution in [1.29, 1.82) is 0 Å². The molecule has 2 atom stereocenters. The van der Waals surface area contributed by atoms with Crippen molar-refractivity contribution in [3.63, 3.8) is 0 Å². The van der Waals surface area contributed by atoms with E-state index in [1.807, 2.05) is 6.92 Å². The summed E-state index contributed by atoms with van der Waals surface area (Å²) in [6.45, 7) is 4.65. The molecule has 1 aromatic rings. The predicted molar refractivity (Wildman–Crippen MR) is 81.5 cm³/mol. The average Bonchev–Trinajstić information content (AvgIpc) is 2.96. The van der Waals surface area contributed by atoms with E-state index in [-0.39, 0.29) is 30.1 Å². The van der Waals surface area contributed by atoms with Gasteiger partial charge in [0.1, 0.15) is 5.82 Å². The second kappa shape index (κ2) is 6.58. The van der Waals surface area contributed by atoms with Gasteiger partial charge in [0.05, 0.1) is 24.7 Å². The van der Waals surface area contributed by atoms with Crippen molar-refractivity contribution in [2.45, 2.75) is 13.1 Å². The zero-order valence-corrected chi connectivity index (χ0v) is 13.4. The van der Waals surface area contributed by atoms with Gasteiger partial charge < -0.3 is 14.5 Å². The molecular weight excluding hydrogens is 323 g/mol. The maximum Gasteiger partial charge on any atom is 0.419 e. The van der Waals surface area contributed by atoms with Crippen LogP contribution in [0.15, 0.2) is 18.3 Å². The Hall–Kier alpha value is -1.83. The normalized spacial score (nSPS) is 25.2. The Kier molecular flexibility index (Phi) is 4.67. The van der Waals surface area contributed by atoms with Crippen LogP contribution in [0.1, 0.15) is 12.5 Å². The van der Waals surface area contributed by atoms with Gasteiger partial charge in [0.25, 0.3) is 0 Å². The number of hydrogen-bond acceptors (Lipinski definition) is 4. The third-order valence-corrected chi connectivity index (χ3v) is 4.64. The van der Waals surface area contributed by atoms with Crippen molar-refractivity contribution in [3.05, 3.63) is 23.9 Å². The van der Waals surface area contributed by atoms with Gasteiger partial charge in [-0.05, 0) is 18.1 Å². The zero-order valence-electron chi connectivity index (χ0n) is 13.4. The number of carbonyl (C=O) groups excluding carboxylic acids is 1. The Morgan fingerprint density at radius 1 is 1.29 bits per heavy atom. The first-order valence-corrected chi connectivity index (χ1v) is 8.01. The van der Waals surface area contributed by atoms with E-state index < -0.39 is 11.7 Å². The minimum atomic E-state index is -4.46. The number of hydrogen-bond donors (Lipinski definition) is 0. The third kappa shape index (κ3) is 3.33. The maximum absolute atomic E-state index is 13.2. The number of morpholine rings is 1. The van der Waals surface area contributed by atoms with E-state index >= 15 is 0 Å². The molecule has 0 saturated carbocycles. The number of amides is 1. The Balaban J connectivity index is 1.78. The summed E-state index contributed by atoms with van der Waals surface area (Å²) in [7, 11) is 0. The summed E-state index contributed by atoms with van der Waals surface area (Å²) in [5.41, 5.74) is -0.753. The van der Waals surface area contributed by atoms with Crippen LogP contribution in [-0.2, 0) is 15.7 Å². The Morgan fingerprint density at radius 2 is 2.00 bits per heavy atom. The molecule has 1 aromatic heterocycles. The summed E-state index contributed by atoms with van der Waals surface area (Å²) < 4.78 is 44.8. The van der Waals surface area contributed by atoms with Crippen LogP contribution in [0.25, 0.3) is 0 Å². The number of rotatable bonds is 2. The van der Waals surface area contributed by atoms with Gasteiger partial charge in [-0.15, -0.1) is 0 Å². The van der Waals surface area contributed by atoms with E-state index in [0.717, 1.165) is 6.07 Å². The summed E-state index contributed by atoms with van der Waals surface area (Å²) in [4.78, 5) is 19.9. The van der Waals surface area contributed by atoms with Gasteiger partial charge in [-0.1, -0.05) is 6.92 Å². The van der Waals surface area contributed by atoms with Crippen LogP contribution in [0.4, 0.5) is 19.0 Å². The van der Waals surface area contributed by atoms with E-state index in [1.165, 1.54) is 12.3 Å². The first-order chi connectivity index (χ1) is 11.4. The fourth-order valence-electron chi connectivity index (χ4n) is 3.35. The molecule has 3 heterocycles. The van der Waals surface area contributed by atoms with Crippen LogP contribution in [-0.4, -0.2) is 55.2 Å². The summed E-state index contributed by atoms with van der Waals surface area (Å²) in [5.74, 6) is -0.429. The zero-order chi connectivity index (χ0) is 17.3. The molecule has 2 aliphatic rings. The first-order valence-electron chi connectivity index (χ1n) is 8.01. The number of halogens is 3. The quantitative estimate of drug-likeness (QED) is 0.824. The molecule has 132 valence electrons. The lowest BCUT2D eigenvalue weighted by atomic mass is 9.96. The average molecular weight is 343 g/mol. The van der Waals surface area contributed by atoms with E-state index in [0.29, 0.717) is 32.8 Å². The van der Waals surface area contributed by atoms with Gasteiger partial charge in [0.2, 0.25) is 5.91 Å². The number of nitrogens with zero attached hydrogens (tertiary/aromatic N) is 3. The number of alkyl halides is 3. The molecule has 2 aliphatic heterocycles. The number of ether oxygens (including phenoxy) is 1. The SMILES string of the molecule is C[C@@H]1CN(c2ncccc2C(F)(F)F)C[C@H]1C(=O)N1CCOCC1. The van der Waals surface area contributed by atoms with Crippen molar-refractivity contribution in [3.8, 4) is 0 Å². The Labute approximate surface area is 138 Å². The van der Waals surface area contributed by atoms with Crippen LogP contribution in [0.3, 0.4) is 0 Å². The minimum absolute atomic E-state index is 0.00205. The molecular formula is C16H20F3N3O2. The van der Waals surface area contributed by atoms with Crippen molar-refractivity contribution in [2.75, 3.05) is 44.3 Å². The lowest BCUT2D eigenvalue weighted by molar-refractivity contribution is -0.140. The molecule has 2 fully saturated rings. The van der Waals surface area contributed by atoms with Crippen LogP contribution in [0, 0.1) is 11.8 Å². The maximum atomic E-state index is 13.2. The molecule has 0 aromatic carbocycles. The second-order valence-electron chi connectivity index (χ2n) is 6.30. The van der Waals surface area contributed by atoms with E-state index in [1.54, 1.807) is 9.80 Å². The summed E-state index contributed by atoms with van der Waals surface area (Å²) >= 11 is 0. The molecule has 0 N–H and O–H groups in total. The molecule has 0 bridgehead atoms. The Morgan fingerprint density at radius 3 is 2.67 bits per heavy atom. The second-order valence-corrected chi connectivity index (χ2v) is 6.30. The molecule has 8 heteroatoms. The lowest BCUT2D eigenvalue weighted by Crippen LogP contribution is -2.45. The van der Waals surface area contributed by atoms with Crippen LogP contribution >= 0.6 is 0 Å². The van der Waals surface area contributed by atoms with Gasteiger partial charge in [-0.2, -0.15) is 13.2 Å². The van der Waals surface area contributed by atoms with Crippen molar-refractivity contribution in [2.24, 2.45) is 11.8 Å². The van der Waals surface area contributed by atoms with Crippen molar-refractivity contribution in [1.82, 2.24) is 9.88 Å². The topological polar surface area (TPSA) is 45.7 Å². The minimum Gasteiger partial charge on any atom is -0.378 e. The largest absolute Gasteiger partial charge is 0.419 e. The highest BCUT2D eigenvalue weighted by molar-refractivity contribution is 5.80. The summed E-state index contributed by atoms with van der Waals surface area (Å²) in [5, 5.41) is 0. The van der Waals surface area contributed by atoms with Gasteiger partial charge in [-0.3, -0.25) is 4.79 Å². The van der Waals surface area contributed by atoms with Crippen LogP contribution < -0.4 is 4.90 Å². The fourth-order valence-corrected chi connectivity index (χ4v) is 3.35. The third-order valence-electron chi connectivity index (χ3n) is 4.64. The monoisotopic (exact) mass is 343 g/mol. The van der Waals surface area contributed by atoms with Crippen molar-refractivity contribution < 1.29 is 22.7 Å². The first kappa shape index (κ1) is 17.0. The highest BCUT2D eigenvalue weighted by Gasteiger charge is 2.41. The fraction of sp³-hybridized carbons (Fsp3) is 0.625. The molecule has 0 radical (unpaired) electrons. The molecule has 0 aliphatic carbocycles. The highest BCUT2D eigenvalue weighted by Crippen LogP contribution is 2.38. The number of aromatic nitrogens is 1. The number of anilines is 1. The molecule has 2 saturated heterocycles. The Bertz CT molecular complexity index is 602. The highest BCUT2D eigenvalue weighted by atomic mass is 19.4. The van der Waals surface area contributed by atoms with E-state index in [9.17, 15) is 18.0 Å². The van der Waals surface area contributed by atoms with Crippen LogP contribution in [0.5, 0.6) is 0 Å². The van der Waals surface area contributed by atoms with Crippen LogP contribution in [0.2, 0.25) is 0 Å². The van der Waals surface area contributed by atoms with E-state index in [2.05, 4.69) is 4.98 Å². The molecule has 0 unspecified atom stereocenters. The van der Waals surface area contributed by atoms with E-state index in [4.69, 9.17) is 4.74 Å². The lowest BCUT2D eigenvalue weighted by Gasteiger charge is -2.30. The molecule has 3 rings (SSSR count). The predicted octanol–water partition coefficient (Wildman–Crippen LogP) is 2.03. The summed E-state index contributed by atoms with van der Waals surface area (Å²) in [6, 6.07) is 2.31. The number of carbonyl (C=O) groups is 1.